The Hall–Kier alpha value is -3.16. The molecule has 0 spiro atoms. The van der Waals surface area contributed by atoms with Crippen LogP contribution >= 0.6 is 0 Å². The Balaban J connectivity index is 2.29. The molecule has 33 heavy (non-hydrogen) atoms. The number of aromatic hydroxyl groups is 1. The van der Waals surface area contributed by atoms with Crippen molar-refractivity contribution in [2.75, 3.05) is 41.3 Å². The first kappa shape index (κ1) is 24.5. The second kappa shape index (κ2) is 10.2. The number of aromatic carboxylic acids is 2. The summed E-state index contributed by atoms with van der Waals surface area (Å²) in [5.41, 5.74) is 1.91. The molecule has 7 nitrogen and oxygen atoms in total. The summed E-state index contributed by atoms with van der Waals surface area (Å²) in [6.07, 6.45) is 2.78. The molecule has 3 aromatic carbocycles. The fourth-order valence-corrected chi connectivity index (χ4v) is 4.42. The van der Waals surface area contributed by atoms with Gasteiger partial charge in [-0.25, -0.2) is 9.59 Å². The number of fused-ring (bicyclic) bond motifs is 3. The van der Waals surface area contributed by atoms with E-state index in [2.05, 4.69) is 9.80 Å². The van der Waals surface area contributed by atoms with Crippen molar-refractivity contribution in [1.82, 2.24) is 9.80 Å². The Labute approximate surface area is 193 Å². The number of carboxylic acids is 2. The second-order valence-electron chi connectivity index (χ2n) is 9.06. The highest BCUT2D eigenvalue weighted by Crippen LogP contribution is 2.38. The van der Waals surface area contributed by atoms with Gasteiger partial charge in [0.2, 0.25) is 0 Å². The monoisotopic (exact) mass is 452 g/mol. The number of phenolic OH excluding ortho intramolecular Hbond substituents is 1. The van der Waals surface area contributed by atoms with Crippen molar-refractivity contribution in [1.29, 1.82) is 0 Å². The van der Waals surface area contributed by atoms with E-state index < -0.39 is 11.9 Å². The van der Waals surface area contributed by atoms with Crippen molar-refractivity contribution in [2.24, 2.45) is 0 Å². The van der Waals surface area contributed by atoms with Gasteiger partial charge in [-0.3, -0.25) is 0 Å². The maximum absolute atomic E-state index is 12.4. The molecular formula is C26H32N2O5. The summed E-state index contributed by atoms with van der Waals surface area (Å²) in [5.74, 6) is -2.07. The molecule has 3 rings (SSSR count). The first-order chi connectivity index (χ1) is 15.6. The predicted octanol–water partition coefficient (Wildman–Crippen LogP) is 4.08. The number of rotatable bonds is 10. The van der Waals surface area contributed by atoms with Crippen LogP contribution in [0.25, 0.3) is 21.5 Å². The van der Waals surface area contributed by atoms with Crippen LogP contribution in [0.3, 0.4) is 0 Å². The molecule has 0 saturated carbocycles. The fraction of sp³-hybridized carbons (Fsp3) is 0.385. The smallest absolute Gasteiger partial charge is 0.336 e. The van der Waals surface area contributed by atoms with Crippen LogP contribution in [0.2, 0.25) is 0 Å². The van der Waals surface area contributed by atoms with Crippen molar-refractivity contribution >= 4 is 33.5 Å². The summed E-state index contributed by atoms with van der Waals surface area (Å²) in [7, 11) is 7.93. The average Bonchev–Trinajstić information content (AvgIpc) is 2.73. The zero-order valence-corrected chi connectivity index (χ0v) is 19.7. The minimum Gasteiger partial charge on any atom is -0.507 e. The number of nitrogens with zero attached hydrogens (tertiary/aromatic N) is 2. The van der Waals surface area contributed by atoms with E-state index in [1.165, 1.54) is 12.1 Å². The van der Waals surface area contributed by atoms with Gasteiger partial charge in [0.25, 0.3) is 0 Å². The maximum Gasteiger partial charge on any atom is 0.336 e. The van der Waals surface area contributed by atoms with Gasteiger partial charge in [-0.2, -0.15) is 0 Å². The third-order valence-electron chi connectivity index (χ3n) is 5.97. The molecule has 3 N–H and O–H groups in total. The van der Waals surface area contributed by atoms with Crippen LogP contribution in [-0.2, 0) is 12.8 Å². The van der Waals surface area contributed by atoms with Crippen LogP contribution in [0.1, 0.15) is 44.7 Å². The largest absolute Gasteiger partial charge is 0.507 e. The summed E-state index contributed by atoms with van der Waals surface area (Å²) in [5, 5.41) is 33.0. The Morgan fingerprint density at radius 1 is 0.758 bits per heavy atom. The lowest BCUT2D eigenvalue weighted by molar-refractivity contribution is 0.0684. The zero-order chi connectivity index (χ0) is 24.3. The minimum absolute atomic E-state index is 0.0499. The molecule has 0 aliphatic carbocycles. The quantitative estimate of drug-likeness (QED) is 0.398. The molecule has 176 valence electrons. The molecule has 0 saturated heterocycles. The molecule has 0 amide bonds. The second-order valence-corrected chi connectivity index (χ2v) is 9.06. The number of carbonyl (C=O) groups is 2. The maximum atomic E-state index is 12.4. The topological polar surface area (TPSA) is 101 Å². The molecule has 0 bridgehead atoms. The third kappa shape index (κ3) is 5.43. The highest BCUT2D eigenvalue weighted by Gasteiger charge is 2.21. The van der Waals surface area contributed by atoms with E-state index in [1.807, 2.05) is 34.3 Å². The van der Waals surface area contributed by atoms with Crippen LogP contribution in [0.5, 0.6) is 5.75 Å². The van der Waals surface area contributed by atoms with Gasteiger partial charge in [0, 0.05) is 5.39 Å². The molecule has 0 aliphatic heterocycles. The van der Waals surface area contributed by atoms with E-state index in [0.717, 1.165) is 47.8 Å². The van der Waals surface area contributed by atoms with Crippen molar-refractivity contribution in [3.63, 3.8) is 0 Å². The van der Waals surface area contributed by atoms with Crippen molar-refractivity contribution in [3.8, 4) is 5.75 Å². The first-order valence-corrected chi connectivity index (χ1v) is 11.1. The molecule has 0 radical (unpaired) electrons. The predicted molar refractivity (Wildman–Crippen MR) is 131 cm³/mol. The Kier molecular flexibility index (Phi) is 7.56. The summed E-state index contributed by atoms with van der Waals surface area (Å²) in [6.45, 7) is 1.65. The average molecular weight is 453 g/mol. The van der Waals surface area contributed by atoms with Crippen LogP contribution in [0.4, 0.5) is 0 Å². The lowest BCUT2D eigenvalue weighted by Gasteiger charge is -2.19. The van der Waals surface area contributed by atoms with Crippen LogP contribution in [0.15, 0.2) is 30.3 Å². The van der Waals surface area contributed by atoms with Crippen LogP contribution in [-0.4, -0.2) is 78.3 Å². The number of hydrogen-bond donors (Lipinski definition) is 3. The molecule has 0 unspecified atom stereocenters. The van der Waals surface area contributed by atoms with E-state index in [0.29, 0.717) is 29.2 Å². The Morgan fingerprint density at radius 3 is 1.97 bits per heavy atom. The first-order valence-electron chi connectivity index (χ1n) is 11.1. The molecular weight excluding hydrogens is 420 g/mol. The molecule has 0 heterocycles. The van der Waals surface area contributed by atoms with E-state index >= 15 is 0 Å². The van der Waals surface area contributed by atoms with Gasteiger partial charge in [0.1, 0.15) is 5.75 Å². The van der Waals surface area contributed by atoms with Crippen LogP contribution < -0.4 is 0 Å². The molecule has 3 aromatic rings. The minimum atomic E-state index is -1.06. The van der Waals surface area contributed by atoms with E-state index in [9.17, 15) is 24.9 Å². The van der Waals surface area contributed by atoms with Crippen molar-refractivity contribution in [3.05, 3.63) is 52.6 Å². The summed E-state index contributed by atoms with van der Waals surface area (Å²) < 4.78 is 0. The van der Waals surface area contributed by atoms with E-state index in [-0.39, 0.29) is 11.3 Å². The summed E-state index contributed by atoms with van der Waals surface area (Å²) >= 11 is 0. The SMILES string of the molecule is CN(C)CCCc1cc2c(cc(O)c3cc(C(=O)O)ccc32)c(CCCN(C)C)c1C(=O)O. The Bertz CT molecular complexity index is 1200. The van der Waals surface area contributed by atoms with E-state index in [4.69, 9.17) is 0 Å². The molecule has 0 aliphatic rings. The highest BCUT2D eigenvalue weighted by atomic mass is 16.4. The summed E-state index contributed by atoms with van der Waals surface area (Å²) in [4.78, 5) is 28.0. The van der Waals surface area contributed by atoms with Gasteiger partial charge in [0.15, 0.2) is 0 Å². The molecule has 0 fully saturated rings. The third-order valence-corrected chi connectivity index (χ3v) is 5.97. The highest BCUT2D eigenvalue weighted by molar-refractivity contribution is 6.14. The van der Waals surface area contributed by atoms with Gasteiger partial charge >= 0.3 is 11.9 Å². The standard InChI is InChI=1S/C26H32N2O5/c1-27(2)11-5-7-16-13-20-18-10-9-17(25(30)31)14-22(18)23(29)15-21(20)19(24(16)26(32)33)8-6-12-28(3)4/h9-10,13-15,29H,5-8,11-12H2,1-4H3,(H,30,31)(H,32,33). The number of benzene rings is 3. The van der Waals surface area contributed by atoms with Gasteiger partial charge in [-0.15, -0.1) is 0 Å². The lowest BCUT2D eigenvalue weighted by Crippen LogP contribution is -2.16. The number of hydrogen-bond acceptors (Lipinski definition) is 5. The van der Waals surface area contributed by atoms with Gasteiger partial charge in [0.05, 0.1) is 11.1 Å². The number of carboxylic acid groups (broad SMARTS) is 2. The van der Waals surface area contributed by atoms with Gasteiger partial charge < -0.3 is 25.1 Å². The van der Waals surface area contributed by atoms with Crippen LogP contribution in [0, 0.1) is 0 Å². The summed E-state index contributed by atoms with van der Waals surface area (Å²) in [6, 6.07) is 8.19. The number of phenols is 1. The van der Waals surface area contributed by atoms with Crippen molar-refractivity contribution in [2.45, 2.75) is 25.7 Å². The molecule has 7 heteroatoms. The van der Waals surface area contributed by atoms with Gasteiger partial charge in [-0.1, -0.05) is 6.07 Å². The fourth-order valence-electron chi connectivity index (χ4n) is 4.42. The molecule has 0 aromatic heterocycles. The van der Waals surface area contributed by atoms with Gasteiger partial charge in [-0.05, 0) is 119 Å². The van der Waals surface area contributed by atoms with E-state index in [1.54, 1.807) is 12.1 Å². The number of aryl methyl sites for hydroxylation is 2. The Morgan fingerprint density at radius 2 is 1.39 bits per heavy atom. The zero-order valence-electron chi connectivity index (χ0n) is 19.7. The molecule has 0 atom stereocenters. The normalized spacial score (nSPS) is 11.7. The lowest BCUT2D eigenvalue weighted by atomic mass is 9.87. The van der Waals surface area contributed by atoms with Crippen molar-refractivity contribution < 1.29 is 24.9 Å².